The number of phenols is 1. The lowest BCUT2D eigenvalue weighted by molar-refractivity contribution is -0.0146. The standard InChI is InChI=1S/C21H32N2O5/c1-20(2,3)27-18(25)22-11-12-23(19(26)28-21(4,5)6)16(14-22)13-15-7-9-17(24)10-8-15/h7-10,16,24H,11-14H2,1-6H3/t16-/m1/s1. The largest absolute Gasteiger partial charge is 0.508 e. The van der Waals surface area contributed by atoms with E-state index in [1.54, 1.807) is 21.9 Å². The van der Waals surface area contributed by atoms with Gasteiger partial charge in [0.1, 0.15) is 17.0 Å². The van der Waals surface area contributed by atoms with Gasteiger partial charge in [0, 0.05) is 19.6 Å². The number of aromatic hydroxyl groups is 1. The molecular weight excluding hydrogens is 360 g/mol. The summed E-state index contributed by atoms with van der Waals surface area (Å²) in [6.45, 7) is 12.1. The van der Waals surface area contributed by atoms with Crippen LogP contribution >= 0.6 is 0 Å². The summed E-state index contributed by atoms with van der Waals surface area (Å²) in [6.07, 6.45) is -0.231. The molecule has 1 atom stereocenters. The molecule has 0 spiro atoms. The van der Waals surface area contributed by atoms with E-state index in [1.807, 2.05) is 53.7 Å². The van der Waals surface area contributed by atoms with Gasteiger partial charge in [-0.3, -0.25) is 0 Å². The molecule has 0 aromatic heterocycles. The van der Waals surface area contributed by atoms with Gasteiger partial charge in [0.05, 0.1) is 6.04 Å². The normalized spacial score (nSPS) is 18.0. The van der Waals surface area contributed by atoms with Crippen LogP contribution in [0.15, 0.2) is 24.3 Å². The number of nitrogens with zero attached hydrogens (tertiary/aromatic N) is 2. The van der Waals surface area contributed by atoms with Crippen molar-refractivity contribution in [2.45, 2.75) is 65.2 Å². The lowest BCUT2D eigenvalue weighted by atomic mass is 10.0. The van der Waals surface area contributed by atoms with E-state index in [4.69, 9.17) is 9.47 Å². The summed E-state index contributed by atoms with van der Waals surface area (Å²) >= 11 is 0. The average Bonchev–Trinajstić information content (AvgIpc) is 2.53. The van der Waals surface area contributed by atoms with Gasteiger partial charge in [-0.1, -0.05) is 12.1 Å². The average molecular weight is 392 g/mol. The maximum Gasteiger partial charge on any atom is 0.410 e. The van der Waals surface area contributed by atoms with Crippen LogP contribution in [-0.2, 0) is 15.9 Å². The summed E-state index contributed by atoms with van der Waals surface area (Å²) in [5.74, 6) is 0.187. The number of carbonyl (C=O) groups is 2. The van der Waals surface area contributed by atoms with Crippen molar-refractivity contribution in [2.75, 3.05) is 19.6 Å². The first kappa shape index (κ1) is 21.9. The Labute approximate surface area is 167 Å². The Morgan fingerprint density at radius 3 is 2.04 bits per heavy atom. The molecule has 1 aromatic carbocycles. The van der Waals surface area contributed by atoms with Gasteiger partial charge in [-0.15, -0.1) is 0 Å². The highest BCUT2D eigenvalue weighted by Gasteiger charge is 2.36. The number of ether oxygens (including phenoxy) is 2. The summed E-state index contributed by atoms with van der Waals surface area (Å²) < 4.78 is 11.0. The van der Waals surface area contributed by atoms with Crippen molar-refractivity contribution in [3.63, 3.8) is 0 Å². The van der Waals surface area contributed by atoms with E-state index in [9.17, 15) is 14.7 Å². The molecule has 0 aliphatic carbocycles. The summed E-state index contributed by atoms with van der Waals surface area (Å²) in [7, 11) is 0. The minimum Gasteiger partial charge on any atom is -0.508 e. The van der Waals surface area contributed by atoms with Crippen LogP contribution in [0.2, 0.25) is 0 Å². The number of amides is 2. The third kappa shape index (κ3) is 6.62. The van der Waals surface area contributed by atoms with Crippen LogP contribution in [0, 0.1) is 0 Å². The molecule has 28 heavy (non-hydrogen) atoms. The van der Waals surface area contributed by atoms with E-state index in [0.29, 0.717) is 26.1 Å². The molecular formula is C21H32N2O5. The molecule has 2 amide bonds. The van der Waals surface area contributed by atoms with Gasteiger partial charge in [0.25, 0.3) is 0 Å². The highest BCUT2D eigenvalue weighted by Crippen LogP contribution is 2.21. The van der Waals surface area contributed by atoms with Crippen LogP contribution in [0.4, 0.5) is 9.59 Å². The molecule has 0 saturated carbocycles. The predicted molar refractivity (Wildman–Crippen MR) is 106 cm³/mol. The van der Waals surface area contributed by atoms with Crippen LogP contribution in [0.5, 0.6) is 5.75 Å². The van der Waals surface area contributed by atoms with E-state index >= 15 is 0 Å². The molecule has 1 saturated heterocycles. The van der Waals surface area contributed by atoms with Crippen molar-refractivity contribution in [1.29, 1.82) is 0 Å². The van der Waals surface area contributed by atoms with E-state index in [-0.39, 0.29) is 24.0 Å². The van der Waals surface area contributed by atoms with E-state index < -0.39 is 11.2 Å². The minimum absolute atomic E-state index is 0.187. The van der Waals surface area contributed by atoms with Crippen molar-refractivity contribution >= 4 is 12.2 Å². The molecule has 1 aliphatic rings. The number of hydrogen-bond acceptors (Lipinski definition) is 5. The third-order valence-electron chi connectivity index (χ3n) is 4.17. The van der Waals surface area contributed by atoms with Crippen molar-refractivity contribution in [3.8, 4) is 5.75 Å². The summed E-state index contributed by atoms with van der Waals surface area (Å²) in [6, 6.07) is 6.61. The highest BCUT2D eigenvalue weighted by molar-refractivity contribution is 5.71. The van der Waals surface area contributed by atoms with Crippen LogP contribution in [0.1, 0.15) is 47.1 Å². The number of phenolic OH excluding ortho intramolecular Hbond substituents is 1. The fraction of sp³-hybridized carbons (Fsp3) is 0.619. The Balaban J connectivity index is 2.17. The van der Waals surface area contributed by atoms with Gasteiger partial charge in [0.2, 0.25) is 0 Å². The van der Waals surface area contributed by atoms with Crippen LogP contribution in [0.3, 0.4) is 0 Å². The maximum atomic E-state index is 12.7. The first-order chi connectivity index (χ1) is 12.8. The number of rotatable bonds is 2. The molecule has 1 fully saturated rings. The second-order valence-corrected chi connectivity index (χ2v) is 9.12. The van der Waals surface area contributed by atoms with Gasteiger partial charge >= 0.3 is 12.2 Å². The summed E-state index contributed by atoms with van der Waals surface area (Å²) in [5.41, 5.74) is -0.212. The Morgan fingerprint density at radius 2 is 1.50 bits per heavy atom. The molecule has 0 unspecified atom stereocenters. The summed E-state index contributed by atoms with van der Waals surface area (Å²) in [4.78, 5) is 28.5. The Hall–Kier alpha value is -2.44. The topological polar surface area (TPSA) is 79.3 Å². The van der Waals surface area contributed by atoms with Crippen molar-refractivity contribution < 1.29 is 24.2 Å². The fourth-order valence-corrected chi connectivity index (χ4v) is 2.99. The maximum absolute atomic E-state index is 12.7. The number of carbonyl (C=O) groups excluding carboxylic acids is 2. The van der Waals surface area contributed by atoms with Gasteiger partial charge in [-0.2, -0.15) is 0 Å². The smallest absolute Gasteiger partial charge is 0.410 e. The van der Waals surface area contributed by atoms with Crippen molar-refractivity contribution in [2.24, 2.45) is 0 Å². The Morgan fingerprint density at radius 1 is 0.964 bits per heavy atom. The molecule has 156 valence electrons. The van der Waals surface area contributed by atoms with Crippen molar-refractivity contribution in [1.82, 2.24) is 9.80 Å². The van der Waals surface area contributed by atoms with Gasteiger partial charge < -0.3 is 24.4 Å². The second-order valence-electron chi connectivity index (χ2n) is 9.12. The number of benzene rings is 1. The zero-order valence-electron chi connectivity index (χ0n) is 17.7. The zero-order chi connectivity index (χ0) is 21.1. The van der Waals surface area contributed by atoms with Crippen molar-refractivity contribution in [3.05, 3.63) is 29.8 Å². The molecule has 1 heterocycles. The second kappa shape index (κ2) is 8.29. The van der Waals surface area contributed by atoms with E-state index in [0.717, 1.165) is 5.56 Å². The Kier molecular flexibility index (Phi) is 6.47. The first-order valence-electron chi connectivity index (χ1n) is 9.59. The first-order valence-corrected chi connectivity index (χ1v) is 9.59. The van der Waals surface area contributed by atoms with Gasteiger partial charge in [-0.25, -0.2) is 9.59 Å². The molecule has 1 aromatic rings. The zero-order valence-corrected chi connectivity index (χ0v) is 17.7. The summed E-state index contributed by atoms with van der Waals surface area (Å²) in [5, 5.41) is 9.50. The predicted octanol–water partition coefficient (Wildman–Crippen LogP) is 3.79. The van der Waals surface area contributed by atoms with Crippen LogP contribution < -0.4 is 0 Å². The molecule has 0 bridgehead atoms. The molecule has 7 heteroatoms. The third-order valence-corrected chi connectivity index (χ3v) is 4.17. The van der Waals surface area contributed by atoms with E-state index in [2.05, 4.69) is 0 Å². The molecule has 1 N–H and O–H groups in total. The number of hydrogen-bond donors (Lipinski definition) is 1. The van der Waals surface area contributed by atoms with Crippen LogP contribution in [0.25, 0.3) is 0 Å². The highest BCUT2D eigenvalue weighted by atomic mass is 16.6. The monoisotopic (exact) mass is 392 g/mol. The minimum atomic E-state index is -0.595. The molecule has 1 aliphatic heterocycles. The fourth-order valence-electron chi connectivity index (χ4n) is 2.99. The lowest BCUT2D eigenvalue weighted by Gasteiger charge is -2.42. The molecule has 2 rings (SSSR count). The van der Waals surface area contributed by atoms with Crippen LogP contribution in [-0.4, -0.2) is 64.0 Å². The molecule has 7 nitrogen and oxygen atoms in total. The Bertz CT molecular complexity index is 688. The molecule has 0 radical (unpaired) electrons. The van der Waals surface area contributed by atoms with E-state index in [1.165, 1.54) is 0 Å². The van der Waals surface area contributed by atoms with Gasteiger partial charge in [0.15, 0.2) is 0 Å². The van der Waals surface area contributed by atoms with Gasteiger partial charge in [-0.05, 0) is 65.7 Å². The SMILES string of the molecule is CC(C)(C)OC(=O)N1CCN(C(=O)OC(C)(C)C)[C@H](Cc2ccc(O)cc2)C1. The quantitative estimate of drug-likeness (QED) is 0.828. The lowest BCUT2D eigenvalue weighted by Crippen LogP contribution is -2.58. The number of piperazine rings is 1.